The van der Waals surface area contributed by atoms with Crippen LogP contribution in [0.1, 0.15) is 12.5 Å². The Morgan fingerprint density at radius 1 is 1.32 bits per heavy atom. The number of hydrogen-bond acceptors (Lipinski definition) is 6. The van der Waals surface area contributed by atoms with Gasteiger partial charge in [-0.1, -0.05) is 12.1 Å². The fourth-order valence-electron chi connectivity index (χ4n) is 3.20. The SMILES string of the molecule is C[C@H](O)CN1CCOc2c(O)cc(-c3nc4ccccc4s3)cc2C1. The van der Waals surface area contributed by atoms with Gasteiger partial charge in [0.25, 0.3) is 0 Å². The minimum absolute atomic E-state index is 0.144. The first-order valence-electron chi connectivity index (χ1n) is 8.35. The molecular formula is C19H20N2O3S. The van der Waals surface area contributed by atoms with Gasteiger partial charge in [0.15, 0.2) is 11.5 Å². The van der Waals surface area contributed by atoms with Crippen LogP contribution in [0.3, 0.4) is 0 Å². The Hall–Kier alpha value is -2.15. The third-order valence-corrected chi connectivity index (χ3v) is 5.34. The molecule has 1 aliphatic rings. The van der Waals surface area contributed by atoms with Gasteiger partial charge in [0.2, 0.25) is 0 Å². The topological polar surface area (TPSA) is 65.8 Å². The van der Waals surface area contributed by atoms with Gasteiger partial charge in [-0.15, -0.1) is 11.3 Å². The van der Waals surface area contributed by atoms with Crippen LogP contribution in [0.5, 0.6) is 11.5 Å². The number of fused-ring (bicyclic) bond motifs is 2. The van der Waals surface area contributed by atoms with Gasteiger partial charge in [-0.3, -0.25) is 4.90 Å². The number of benzene rings is 2. The second-order valence-electron chi connectivity index (χ2n) is 6.40. The number of ether oxygens (including phenoxy) is 1. The van der Waals surface area contributed by atoms with Crippen LogP contribution < -0.4 is 4.74 Å². The molecule has 3 aromatic rings. The average Bonchev–Trinajstić information content (AvgIpc) is 2.90. The summed E-state index contributed by atoms with van der Waals surface area (Å²) in [6.45, 7) is 4.20. The molecule has 0 bridgehead atoms. The van der Waals surface area contributed by atoms with E-state index in [4.69, 9.17) is 4.74 Å². The lowest BCUT2D eigenvalue weighted by atomic mass is 10.1. The van der Waals surface area contributed by atoms with Gasteiger partial charge in [-0.2, -0.15) is 0 Å². The molecule has 0 unspecified atom stereocenters. The van der Waals surface area contributed by atoms with Crippen LogP contribution in [0.4, 0.5) is 0 Å². The van der Waals surface area contributed by atoms with E-state index in [0.717, 1.165) is 32.9 Å². The normalized spacial score (nSPS) is 16.2. The Labute approximate surface area is 150 Å². The number of aliphatic hydroxyl groups is 1. The summed E-state index contributed by atoms with van der Waals surface area (Å²) in [5.74, 6) is 0.684. The van der Waals surface area contributed by atoms with Crippen molar-refractivity contribution < 1.29 is 14.9 Å². The molecule has 0 saturated carbocycles. The second-order valence-corrected chi connectivity index (χ2v) is 7.43. The highest BCUT2D eigenvalue weighted by atomic mass is 32.1. The van der Waals surface area contributed by atoms with Crippen LogP contribution in [-0.2, 0) is 6.54 Å². The van der Waals surface area contributed by atoms with Crippen molar-refractivity contribution in [1.82, 2.24) is 9.88 Å². The smallest absolute Gasteiger partial charge is 0.165 e. The molecule has 0 fully saturated rings. The number of aromatic nitrogens is 1. The number of nitrogens with zero attached hydrogens (tertiary/aromatic N) is 2. The number of phenolic OH excluding ortho intramolecular Hbond substituents is 1. The molecule has 0 amide bonds. The monoisotopic (exact) mass is 356 g/mol. The average molecular weight is 356 g/mol. The van der Waals surface area contributed by atoms with Gasteiger partial charge >= 0.3 is 0 Å². The Bertz CT molecular complexity index is 874. The fourth-order valence-corrected chi connectivity index (χ4v) is 4.15. The van der Waals surface area contributed by atoms with Crippen molar-refractivity contribution in [3.8, 4) is 22.1 Å². The minimum Gasteiger partial charge on any atom is -0.504 e. The standard InChI is InChI=1S/C19H20N2O3S/c1-12(22)10-21-6-7-24-18-14(11-21)8-13(9-16(18)23)19-20-15-4-2-3-5-17(15)25-19/h2-5,8-9,12,22-23H,6-7,10-11H2,1H3/t12-/m0/s1. The fraction of sp³-hybridized carbons (Fsp3) is 0.316. The third kappa shape index (κ3) is 3.33. The zero-order valence-corrected chi connectivity index (χ0v) is 14.8. The number of aliphatic hydroxyl groups excluding tert-OH is 1. The van der Waals surface area contributed by atoms with Gasteiger partial charge in [0.05, 0.1) is 16.3 Å². The predicted molar refractivity (Wildman–Crippen MR) is 99.2 cm³/mol. The van der Waals surface area contributed by atoms with E-state index >= 15 is 0 Å². The van der Waals surface area contributed by atoms with E-state index in [1.165, 1.54) is 0 Å². The first-order chi connectivity index (χ1) is 12.1. The Morgan fingerprint density at radius 2 is 2.16 bits per heavy atom. The van der Waals surface area contributed by atoms with Crippen LogP contribution in [0.25, 0.3) is 20.8 Å². The van der Waals surface area contributed by atoms with Gasteiger partial charge in [-0.05, 0) is 31.2 Å². The highest BCUT2D eigenvalue weighted by molar-refractivity contribution is 7.21. The minimum atomic E-state index is -0.400. The molecule has 2 aromatic carbocycles. The van der Waals surface area contributed by atoms with E-state index in [1.54, 1.807) is 24.3 Å². The third-order valence-electron chi connectivity index (χ3n) is 4.26. The van der Waals surface area contributed by atoms with Gasteiger partial charge in [0.1, 0.15) is 11.6 Å². The molecule has 1 aromatic heterocycles. The van der Waals surface area contributed by atoms with Gasteiger partial charge < -0.3 is 14.9 Å². The zero-order chi connectivity index (χ0) is 17.4. The lowest BCUT2D eigenvalue weighted by Crippen LogP contribution is -2.32. The van der Waals surface area contributed by atoms with Gasteiger partial charge in [-0.25, -0.2) is 4.98 Å². The molecule has 0 radical (unpaired) electrons. The predicted octanol–water partition coefficient (Wildman–Crippen LogP) is 3.24. The lowest BCUT2D eigenvalue weighted by molar-refractivity contribution is 0.117. The maximum atomic E-state index is 10.5. The number of phenols is 1. The summed E-state index contributed by atoms with van der Waals surface area (Å²) in [7, 11) is 0. The molecule has 5 nitrogen and oxygen atoms in total. The van der Waals surface area contributed by atoms with E-state index in [1.807, 2.05) is 30.3 Å². The van der Waals surface area contributed by atoms with Crippen molar-refractivity contribution in [2.75, 3.05) is 19.7 Å². The molecular weight excluding hydrogens is 336 g/mol. The molecule has 0 spiro atoms. The summed E-state index contributed by atoms with van der Waals surface area (Å²) in [5, 5.41) is 21.0. The number of thiazole rings is 1. The first kappa shape index (κ1) is 16.3. The highest BCUT2D eigenvalue weighted by Gasteiger charge is 2.21. The molecule has 2 heterocycles. The number of para-hydroxylation sites is 1. The van der Waals surface area contributed by atoms with Crippen LogP contribution >= 0.6 is 11.3 Å². The first-order valence-corrected chi connectivity index (χ1v) is 9.17. The second kappa shape index (κ2) is 6.63. The van der Waals surface area contributed by atoms with Crippen molar-refractivity contribution in [3.05, 3.63) is 42.0 Å². The molecule has 1 atom stereocenters. The van der Waals surface area contributed by atoms with E-state index in [0.29, 0.717) is 25.4 Å². The van der Waals surface area contributed by atoms with Crippen LogP contribution in [0.2, 0.25) is 0 Å². The van der Waals surface area contributed by atoms with E-state index in [2.05, 4.69) is 9.88 Å². The largest absolute Gasteiger partial charge is 0.504 e. The quantitative estimate of drug-likeness (QED) is 0.754. The summed E-state index contributed by atoms with van der Waals surface area (Å²) in [4.78, 5) is 6.81. The molecule has 0 aliphatic carbocycles. The van der Waals surface area contributed by atoms with E-state index in [-0.39, 0.29) is 5.75 Å². The Kier molecular flexibility index (Phi) is 4.33. The van der Waals surface area contributed by atoms with E-state index < -0.39 is 6.10 Å². The number of aromatic hydroxyl groups is 1. The lowest BCUT2D eigenvalue weighted by Gasteiger charge is -2.20. The van der Waals surface area contributed by atoms with Crippen molar-refractivity contribution in [3.63, 3.8) is 0 Å². The van der Waals surface area contributed by atoms with Crippen LogP contribution in [0.15, 0.2) is 36.4 Å². The number of hydrogen-bond donors (Lipinski definition) is 2. The summed E-state index contributed by atoms with van der Waals surface area (Å²) in [6.07, 6.45) is -0.400. The maximum Gasteiger partial charge on any atom is 0.165 e. The highest BCUT2D eigenvalue weighted by Crippen LogP contribution is 2.39. The van der Waals surface area contributed by atoms with Crippen LogP contribution in [-0.4, -0.2) is 45.9 Å². The summed E-state index contributed by atoms with van der Waals surface area (Å²) < 4.78 is 6.87. The van der Waals surface area contributed by atoms with Crippen molar-refractivity contribution in [2.24, 2.45) is 0 Å². The molecule has 0 saturated heterocycles. The van der Waals surface area contributed by atoms with Gasteiger partial charge in [0, 0.05) is 30.8 Å². The number of rotatable bonds is 3. The molecule has 25 heavy (non-hydrogen) atoms. The Balaban J connectivity index is 1.73. The van der Waals surface area contributed by atoms with Crippen molar-refractivity contribution in [2.45, 2.75) is 19.6 Å². The molecule has 4 rings (SSSR count). The number of β-amino-alcohol motifs (C(OH)–C–C–N with tert-alkyl or cyclic N) is 1. The van der Waals surface area contributed by atoms with Crippen molar-refractivity contribution in [1.29, 1.82) is 0 Å². The molecule has 2 N–H and O–H groups in total. The summed E-state index contributed by atoms with van der Waals surface area (Å²) >= 11 is 1.61. The molecule has 130 valence electrons. The summed E-state index contributed by atoms with van der Waals surface area (Å²) in [6, 6.07) is 11.8. The van der Waals surface area contributed by atoms with E-state index in [9.17, 15) is 10.2 Å². The zero-order valence-electron chi connectivity index (χ0n) is 14.0. The van der Waals surface area contributed by atoms with Crippen molar-refractivity contribution >= 4 is 21.6 Å². The maximum absolute atomic E-state index is 10.5. The summed E-state index contributed by atoms with van der Waals surface area (Å²) in [5.41, 5.74) is 2.77. The molecule has 1 aliphatic heterocycles. The van der Waals surface area contributed by atoms with Crippen LogP contribution in [0, 0.1) is 0 Å². The molecule has 6 heteroatoms. The Morgan fingerprint density at radius 3 is 2.96 bits per heavy atom.